The molecule has 0 unspecified atom stereocenters. The number of rotatable bonds is 9. The van der Waals surface area contributed by atoms with E-state index in [1.165, 1.54) is 4.57 Å². The van der Waals surface area contributed by atoms with Crippen molar-refractivity contribution in [1.29, 1.82) is 0 Å². The Hall–Kier alpha value is -4.43. The monoisotopic (exact) mass is 576 g/mol. The van der Waals surface area contributed by atoms with Gasteiger partial charge in [0.15, 0.2) is 11.5 Å². The van der Waals surface area contributed by atoms with E-state index < -0.39 is 42.1 Å². The molecule has 0 radical (unpaired) electrons. The summed E-state index contributed by atoms with van der Waals surface area (Å²) in [4.78, 5) is 51.8. The zero-order chi connectivity index (χ0) is 30.3. The first-order valence-corrected chi connectivity index (χ1v) is 13.4. The number of carbonyl (C=O) groups is 1. The molecule has 4 atom stereocenters. The number of ether oxygens (including phenoxy) is 1. The molecule has 1 aromatic heterocycles. The molecule has 3 heterocycles. The number of aromatic amines is 2. The molecule has 7 N–H and O–H groups in total. The summed E-state index contributed by atoms with van der Waals surface area (Å²) in [5, 5.41) is 31.7. The molecule has 13 heteroatoms. The fourth-order valence-electron chi connectivity index (χ4n) is 5.02. The van der Waals surface area contributed by atoms with Gasteiger partial charge in [-0.2, -0.15) is 4.98 Å². The quantitative estimate of drug-likeness (QED) is 0.106. The SMILES string of the molecule is Cc1cc2nc3c(=O)[nH]c(=O)nc-3n(C[C@@H](OC(=O)c3ccc4c(C[C@@H](C)N)c[nH]c4c3)[C@@H](O)[C@@H](O)CO)c2cc1C. The first kappa shape index (κ1) is 29.1. The molecule has 2 aliphatic heterocycles. The summed E-state index contributed by atoms with van der Waals surface area (Å²) in [6.07, 6.45) is -2.37. The van der Waals surface area contributed by atoms with Crippen LogP contribution >= 0.6 is 0 Å². The lowest BCUT2D eigenvalue weighted by Gasteiger charge is -2.28. The molecule has 13 nitrogen and oxygen atoms in total. The third-order valence-electron chi connectivity index (χ3n) is 7.35. The van der Waals surface area contributed by atoms with E-state index in [2.05, 4.69) is 19.9 Å². The third kappa shape index (κ3) is 5.54. The van der Waals surface area contributed by atoms with Crippen LogP contribution in [-0.4, -0.2) is 76.8 Å². The van der Waals surface area contributed by atoms with Crippen molar-refractivity contribution in [2.75, 3.05) is 6.61 Å². The van der Waals surface area contributed by atoms with Crippen LogP contribution in [0.4, 0.5) is 0 Å². The minimum absolute atomic E-state index is 0.0536. The summed E-state index contributed by atoms with van der Waals surface area (Å²) in [5.41, 5.74) is 8.62. The summed E-state index contributed by atoms with van der Waals surface area (Å²) >= 11 is 0. The number of carbonyl (C=O) groups excluding carboxylic acids is 1. The number of aliphatic hydroxyl groups is 3. The molecule has 2 aromatic carbocycles. The molecule has 2 aliphatic rings. The van der Waals surface area contributed by atoms with Gasteiger partial charge in [-0.05, 0) is 68.1 Å². The van der Waals surface area contributed by atoms with Gasteiger partial charge in [0.25, 0.3) is 5.56 Å². The van der Waals surface area contributed by atoms with Gasteiger partial charge in [0.05, 0.1) is 29.7 Å². The highest BCUT2D eigenvalue weighted by molar-refractivity contribution is 5.95. The molecule has 5 rings (SSSR count). The number of nitrogens with two attached hydrogens (primary N) is 1. The Kier molecular flexibility index (Phi) is 7.93. The molecule has 42 heavy (non-hydrogen) atoms. The van der Waals surface area contributed by atoms with Crippen LogP contribution in [0.25, 0.3) is 33.5 Å². The normalized spacial score (nSPS) is 14.7. The smallest absolute Gasteiger partial charge is 0.349 e. The van der Waals surface area contributed by atoms with Crippen LogP contribution in [0, 0.1) is 13.8 Å². The maximum absolute atomic E-state index is 13.4. The lowest BCUT2D eigenvalue weighted by Crippen LogP contribution is -2.45. The van der Waals surface area contributed by atoms with Crippen molar-refractivity contribution in [3.8, 4) is 11.5 Å². The number of nitrogens with one attached hydrogen (secondary N) is 2. The second-order valence-corrected chi connectivity index (χ2v) is 10.6. The standard InChI is InChI=1S/C29H32N6O7/c1-13-6-20-21(7-14(13)2)35(26-24(32-20)27(39)34-29(41)33-26)11-23(25(38)22(37)12-36)42-28(40)16-4-5-18-17(8-15(3)30)10-31-19(18)9-16/h4-7,9-10,15,22-23,25,31,36-38H,8,11-12,30H2,1-3H3,(H,34,39,41)/t15-,22+,23-,25+/m1/s1. The highest BCUT2D eigenvalue weighted by Crippen LogP contribution is 2.26. The van der Waals surface area contributed by atoms with Crippen molar-refractivity contribution in [3.63, 3.8) is 0 Å². The lowest BCUT2D eigenvalue weighted by molar-refractivity contribution is -0.0879. The Morgan fingerprint density at radius 3 is 2.57 bits per heavy atom. The van der Waals surface area contributed by atoms with Gasteiger partial charge >= 0.3 is 11.7 Å². The van der Waals surface area contributed by atoms with Gasteiger partial charge in [-0.3, -0.25) is 9.78 Å². The van der Waals surface area contributed by atoms with Crippen molar-refractivity contribution < 1.29 is 24.9 Å². The molecule has 0 aliphatic carbocycles. The molecule has 0 spiro atoms. The van der Waals surface area contributed by atoms with Gasteiger partial charge in [0.2, 0.25) is 0 Å². The van der Waals surface area contributed by atoms with Gasteiger partial charge in [-0.15, -0.1) is 0 Å². The van der Waals surface area contributed by atoms with Crippen LogP contribution in [-0.2, 0) is 17.7 Å². The highest BCUT2D eigenvalue weighted by atomic mass is 16.6. The van der Waals surface area contributed by atoms with E-state index in [0.717, 1.165) is 22.1 Å². The fourth-order valence-corrected chi connectivity index (χ4v) is 5.02. The fraction of sp³-hybridized carbons (Fsp3) is 0.345. The van der Waals surface area contributed by atoms with Gasteiger partial charge in [-0.1, -0.05) is 6.07 Å². The second kappa shape index (κ2) is 11.4. The number of esters is 1. The largest absolute Gasteiger partial charge is 0.454 e. The maximum Gasteiger partial charge on any atom is 0.349 e. The molecule has 0 saturated carbocycles. The van der Waals surface area contributed by atoms with E-state index in [0.29, 0.717) is 23.0 Å². The zero-order valence-electron chi connectivity index (χ0n) is 23.3. The minimum Gasteiger partial charge on any atom is -0.454 e. The van der Waals surface area contributed by atoms with Crippen LogP contribution < -0.4 is 17.0 Å². The highest BCUT2D eigenvalue weighted by Gasteiger charge is 2.32. The molecule has 0 amide bonds. The zero-order valence-corrected chi connectivity index (χ0v) is 23.3. The van der Waals surface area contributed by atoms with Crippen LogP contribution in [0.1, 0.15) is 34.0 Å². The Morgan fingerprint density at radius 2 is 1.86 bits per heavy atom. The van der Waals surface area contributed by atoms with Crippen molar-refractivity contribution in [3.05, 3.63) is 79.6 Å². The van der Waals surface area contributed by atoms with E-state index in [-0.39, 0.29) is 29.7 Å². The summed E-state index contributed by atoms with van der Waals surface area (Å²) < 4.78 is 7.18. The second-order valence-electron chi connectivity index (χ2n) is 10.6. The first-order valence-electron chi connectivity index (χ1n) is 13.4. The van der Waals surface area contributed by atoms with Crippen molar-refractivity contribution >= 4 is 27.9 Å². The minimum atomic E-state index is -1.74. The number of aliphatic hydroxyl groups excluding tert-OH is 3. The Balaban J connectivity index is 1.58. The molecule has 0 bridgehead atoms. The topological polar surface area (TPSA) is 209 Å². The summed E-state index contributed by atoms with van der Waals surface area (Å²) in [7, 11) is 0. The van der Waals surface area contributed by atoms with E-state index in [9.17, 15) is 29.7 Å². The molecule has 220 valence electrons. The number of H-pyrrole nitrogens is 2. The molecule has 0 saturated heterocycles. The van der Waals surface area contributed by atoms with E-state index in [1.807, 2.05) is 27.0 Å². The third-order valence-corrected chi connectivity index (χ3v) is 7.35. The molecule has 0 fully saturated rings. The van der Waals surface area contributed by atoms with Crippen LogP contribution in [0.5, 0.6) is 0 Å². The number of hydrogen-bond donors (Lipinski definition) is 6. The number of fused-ring (bicyclic) bond motifs is 3. The van der Waals surface area contributed by atoms with Crippen LogP contribution in [0.2, 0.25) is 0 Å². The van der Waals surface area contributed by atoms with Crippen molar-refractivity contribution in [2.24, 2.45) is 5.73 Å². The van der Waals surface area contributed by atoms with Gasteiger partial charge in [0, 0.05) is 23.1 Å². The molecule has 3 aromatic rings. The van der Waals surface area contributed by atoms with Gasteiger partial charge < -0.3 is 35.3 Å². The Bertz CT molecular complexity index is 1870. The summed E-state index contributed by atoms with van der Waals surface area (Å²) in [6, 6.07) is 8.44. The molecular formula is C29H32N6O7. The maximum atomic E-state index is 13.4. The van der Waals surface area contributed by atoms with Gasteiger partial charge in [-0.25, -0.2) is 14.6 Å². The predicted octanol–water partition coefficient (Wildman–Crippen LogP) is 0.512. The number of benzene rings is 2. The van der Waals surface area contributed by atoms with E-state index in [1.54, 1.807) is 30.3 Å². The Morgan fingerprint density at radius 1 is 1.12 bits per heavy atom. The van der Waals surface area contributed by atoms with Crippen molar-refractivity contribution in [1.82, 2.24) is 24.5 Å². The number of hydrogen-bond acceptors (Lipinski definition) is 10. The number of aryl methyl sites for hydroxylation is 2. The van der Waals surface area contributed by atoms with Crippen LogP contribution in [0.3, 0.4) is 0 Å². The lowest BCUT2D eigenvalue weighted by atomic mass is 10.0. The van der Waals surface area contributed by atoms with E-state index >= 15 is 0 Å². The number of aromatic nitrogens is 5. The Labute approximate surface area is 239 Å². The van der Waals surface area contributed by atoms with Crippen LogP contribution in [0.15, 0.2) is 46.1 Å². The first-order chi connectivity index (χ1) is 20.0. The average molecular weight is 577 g/mol. The molecular weight excluding hydrogens is 544 g/mol. The summed E-state index contributed by atoms with van der Waals surface area (Å²) in [6.45, 7) is 4.50. The summed E-state index contributed by atoms with van der Waals surface area (Å²) in [5.74, 6) is -0.902. The van der Waals surface area contributed by atoms with Gasteiger partial charge in [0.1, 0.15) is 18.3 Å². The van der Waals surface area contributed by atoms with Crippen molar-refractivity contribution in [2.45, 2.75) is 58.1 Å². The number of nitrogens with zero attached hydrogens (tertiary/aromatic N) is 3. The predicted molar refractivity (Wildman–Crippen MR) is 154 cm³/mol. The average Bonchev–Trinajstić information content (AvgIpc) is 3.34. The van der Waals surface area contributed by atoms with E-state index in [4.69, 9.17) is 10.5 Å².